The number of aryl methyl sites for hydroxylation is 2. The normalized spacial score (nSPS) is 15.2. The van der Waals surface area contributed by atoms with Crippen LogP contribution in [0, 0.1) is 13.8 Å². The zero-order chi connectivity index (χ0) is 23.7. The third-order valence-corrected chi connectivity index (χ3v) is 6.86. The van der Waals surface area contributed by atoms with Crippen LogP contribution in [0.3, 0.4) is 0 Å². The molecule has 4 rings (SSSR count). The maximum Gasteiger partial charge on any atom is 0.269 e. The maximum absolute atomic E-state index is 13.4. The number of carbonyl (C=O) groups excluding carboxylic acids is 1. The minimum atomic E-state index is -0.355. The first kappa shape index (κ1) is 23.4. The van der Waals surface area contributed by atoms with Crippen LogP contribution in [0.4, 0.5) is 0 Å². The zero-order valence-electron chi connectivity index (χ0n) is 18.1. The molecule has 1 aromatic carbocycles. The highest BCUT2D eigenvalue weighted by molar-refractivity contribution is 8.26. The summed E-state index contributed by atoms with van der Waals surface area (Å²) in [5.74, 6) is 0.284. The molecule has 1 aliphatic heterocycles. The third-order valence-electron chi connectivity index (χ3n) is 5.06. The average Bonchev–Trinajstić information content (AvgIpc) is 3.05. The van der Waals surface area contributed by atoms with Gasteiger partial charge in [-0.15, -0.1) is 0 Å². The first-order valence-electron chi connectivity index (χ1n) is 10.0. The molecule has 1 saturated heterocycles. The molecule has 0 spiro atoms. The van der Waals surface area contributed by atoms with Crippen molar-refractivity contribution in [3.05, 3.63) is 73.5 Å². The molecule has 10 heteroatoms. The van der Waals surface area contributed by atoms with Gasteiger partial charge >= 0.3 is 0 Å². The van der Waals surface area contributed by atoms with E-state index in [1.807, 2.05) is 19.9 Å². The fourth-order valence-corrected chi connectivity index (χ4v) is 4.70. The molecule has 170 valence electrons. The predicted octanol–water partition coefficient (Wildman–Crippen LogP) is 4.60. The lowest BCUT2D eigenvalue weighted by atomic mass is 10.2. The number of thiocarbonyl (C=S) groups is 1. The molecule has 0 atom stereocenters. The molecule has 7 nitrogen and oxygen atoms in total. The number of rotatable bonds is 6. The number of carbonyl (C=O) groups is 1. The number of halogens is 1. The molecule has 2 aromatic heterocycles. The highest BCUT2D eigenvalue weighted by atomic mass is 35.5. The summed E-state index contributed by atoms with van der Waals surface area (Å²) in [7, 11) is 1.55. The first-order chi connectivity index (χ1) is 15.8. The van der Waals surface area contributed by atoms with Gasteiger partial charge in [0.05, 0.1) is 18.1 Å². The predicted molar refractivity (Wildman–Crippen MR) is 134 cm³/mol. The molecule has 3 heterocycles. The molecule has 0 radical (unpaired) electrons. The fraction of sp³-hybridized carbons (Fsp3) is 0.217. The van der Waals surface area contributed by atoms with E-state index in [1.54, 1.807) is 37.6 Å². The molecule has 0 aliphatic carbocycles. The lowest BCUT2D eigenvalue weighted by molar-refractivity contribution is -0.122. The van der Waals surface area contributed by atoms with Crippen molar-refractivity contribution in [2.45, 2.75) is 13.8 Å². The molecule has 3 aromatic rings. The standard InChI is InChI=1S/C23H20ClN3O4S2/c1-13-5-4-8-26-19(13)25-20(31-15-6-7-17(24)14(2)11-15)16(21(26)28)12-18-22(29)27(9-10-30-3)23(32)33-18/h4-8,11-12H,9-10H2,1-3H3/b18-12+. The Hall–Kier alpha value is -2.72. The van der Waals surface area contributed by atoms with E-state index >= 15 is 0 Å². The van der Waals surface area contributed by atoms with Crippen LogP contribution in [-0.2, 0) is 9.53 Å². The van der Waals surface area contributed by atoms with Gasteiger partial charge in [-0.1, -0.05) is 41.6 Å². The van der Waals surface area contributed by atoms with Crippen molar-refractivity contribution in [3.8, 4) is 11.6 Å². The Bertz CT molecular complexity index is 1370. The van der Waals surface area contributed by atoms with Crippen LogP contribution >= 0.6 is 35.6 Å². The van der Waals surface area contributed by atoms with Gasteiger partial charge < -0.3 is 9.47 Å². The molecule has 0 unspecified atom stereocenters. The highest BCUT2D eigenvalue weighted by Crippen LogP contribution is 2.34. The topological polar surface area (TPSA) is 73.1 Å². The lowest BCUT2D eigenvalue weighted by Crippen LogP contribution is -2.31. The average molecular weight is 502 g/mol. The Morgan fingerprint density at radius 2 is 2.00 bits per heavy atom. The van der Waals surface area contributed by atoms with Crippen LogP contribution in [0.15, 0.2) is 46.2 Å². The minimum absolute atomic E-state index is 0.0955. The van der Waals surface area contributed by atoms with Gasteiger partial charge in [-0.2, -0.15) is 4.98 Å². The number of pyridine rings is 1. The number of amides is 1. The van der Waals surface area contributed by atoms with Crippen molar-refractivity contribution in [1.82, 2.24) is 14.3 Å². The molecule has 0 saturated carbocycles. The lowest BCUT2D eigenvalue weighted by Gasteiger charge is -2.13. The second-order valence-electron chi connectivity index (χ2n) is 7.36. The largest absolute Gasteiger partial charge is 0.438 e. The van der Waals surface area contributed by atoms with Crippen molar-refractivity contribution < 1.29 is 14.3 Å². The van der Waals surface area contributed by atoms with Gasteiger partial charge in [0.25, 0.3) is 11.5 Å². The summed E-state index contributed by atoms with van der Waals surface area (Å²) >= 11 is 12.6. The number of benzene rings is 1. The molecule has 1 fully saturated rings. The van der Waals surface area contributed by atoms with Gasteiger partial charge in [0.2, 0.25) is 5.88 Å². The number of hydrogen-bond donors (Lipinski definition) is 0. The van der Waals surface area contributed by atoms with Crippen molar-refractivity contribution in [2.75, 3.05) is 20.3 Å². The molecule has 33 heavy (non-hydrogen) atoms. The summed E-state index contributed by atoms with van der Waals surface area (Å²) in [5.41, 5.74) is 1.89. The summed E-state index contributed by atoms with van der Waals surface area (Å²) < 4.78 is 12.9. The van der Waals surface area contributed by atoms with Crippen molar-refractivity contribution in [1.29, 1.82) is 0 Å². The summed E-state index contributed by atoms with van der Waals surface area (Å²) in [6, 6.07) is 8.80. The quantitative estimate of drug-likeness (QED) is 0.361. The van der Waals surface area contributed by atoms with Crippen molar-refractivity contribution in [3.63, 3.8) is 0 Å². The van der Waals surface area contributed by atoms with Crippen molar-refractivity contribution in [2.24, 2.45) is 0 Å². The summed E-state index contributed by atoms with van der Waals surface area (Å²) in [4.78, 5) is 32.7. The van der Waals surface area contributed by atoms with E-state index in [0.29, 0.717) is 38.8 Å². The van der Waals surface area contributed by atoms with Crippen LogP contribution in [0.1, 0.15) is 16.7 Å². The molecular weight excluding hydrogens is 482 g/mol. The van der Waals surface area contributed by atoms with Gasteiger partial charge in [0.1, 0.15) is 21.3 Å². The number of hydrogen-bond acceptors (Lipinski definition) is 7. The van der Waals surface area contributed by atoms with Crippen LogP contribution in [0.2, 0.25) is 5.02 Å². The van der Waals surface area contributed by atoms with E-state index in [0.717, 1.165) is 22.9 Å². The number of methoxy groups -OCH3 is 1. The second-order valence-corrected chi connectivity index (χ2v) is 9.44. The summed E-state index contributed by atoms with van der Waals surface area (Å²) in [5, 5.41) is 0.602. The van der Waals surface area contributed by atoms with Gasteiger partial charge in [-0.3, -0.25) is 18.9 Å². The van der Waals surface area contributed by atoms with Gasteiger partial charge in [0, 0.05) is 18.3 Å². The third kappa shape index (κ3) is 4.67. The maximum atomic E-state index is 13.4. The molecule has 0 N–H and O–H groups in total. The number of fused-ring (bicyclic) bond motifs is 1. The highest BCUT2D eigenvalue weighted by Gasteiger charge is 2.32. The van der Waals surface area contributed by atoms with Crippen LogP contribution in [-0.4, -0.2) is 44.8 Å². The van der Waals surface area contributed by atoms with E-state index < -0.39 is 0 Å². The monoisotopic (exact) mass is 501 g/mol. The van der Waals surface area contributed by atoms with E-state index in [2.05, 4.69) is 4.98 Å². The fourth-order valence-electron chi connectivity index (χ4n) is 3.29. The SMILES string of the molecule is COCCN1C(=O)/C(=C\c2c(Oc3ccc(Cl)c(C)c3)nc3c(C)cccn3c2=O)SC1=S. The summed E-state index contributed by atoms with van der Waals surface area (Å²) in [6.07, 6.45) is 3.13. The number of nitrogens with zero attached hydrogens (tertiary/aromatic N) is 3. The van der Waals surface area contributed by atoms with Crippen LogP contribution < -0.4 is 10.3 Å². The van der Waals surface area contributed by atoms with E-state index in [9.17, 15) is 9.59 Å². The Morgan fingerprint density at radius 1 is 1.21 bits per heavy atom. The zero-order valence-corrected chi connectivity index (χ0v) is 20.5. The Kier molecular flexibility index (Phi) is 6.85. The minimum Gasteiger partial charge on any atom is -0.438 e. The van der Waals surface area contributed by atoms with E-state index in [4.69, 9.17) is 33.3 Å². The van der Waals surface area contributed by atoms with Gasteiger partial charge in [-0.05, 0) is 55.3 Å². The Morgan fingerprint density at radius 3 is 2.73 bits per heavy atom. The van der Waals surface area contributed by atoms with E-state index in [-0.39, 0.29) is 22.9 Å². The summed E-state index contributed by atoms with van der Waals surface area (Å²) in [6.45, 7) is 4.40. The Labute approximate surface area is 205 Å². The first-order valence-corrected chi connectivity index (χ1v) is 11.6. The number of thioether (sulfide) groups is 1. The Balaban J connectivity index is 1.85. The molecule has 0 bridgehead atoms. The molecular formula is C23H20ClN3O4S2. The smallest absolute Gasteiger partial charge is 0.269 e. The van der Waals surface area contributed by atoms with Crippen molar-refractivity contribution >= 4 is 57.5 Å². The second kappa shape index (κ2) is 9.64. The van der Waals surface area contributed by atoms with Crippen LogP contribution in [0.5, 0.6) is 11.6 Å². The number of aromatic nitrogens is 2. The van der Waals surface area contributed by atoms with E-state index in [1.165, 1.54) is 15.4 Å². The van der Waals surface area contributed by atoms with Gasteiger partial charge in [0.15, 0.2) is 0 Å². The van der Waals surface area contributed by atoms with Crippen LogP contribution in [0.25, 0.3) is 11.7 Å². The molecule has 1 aliphatic rings. The number of ether oxygens (including phenoxy) is 2. The molecule has 1 amide bonds. The van der Waals surface area contributed by atoms with Gasteiger partial charge in [-0.25, -0.2) is 0 Å².